The molecule has 1 aromatic carbocycles. The SMILES string of the molecule is Cc1noc(CCNC2CCSc3ccccc32)n1. The van der Waals surface area contributed by atoms with Crippen LogP contribution in [0.2, 0.25) is 0 Å². The van der Waals surface area contributed by atoms with Crippen molar-refractivity contribution in [2.24, 2.45) is 0 Å². The summed E-state index contributed by atoms with van der Waals surface area (Å²) in [5.74, 6) is 2.59. The third kappa shape index (κ3) is 2.98. The second-order valence-corrected chi connectivity index (χ2v) is 5.80. The summed E-state index contributed by atoms with van der Waals surface area (Å²) < 4.78 is 5.12. The van der Waals surface area contributed by atoms with E-state index in [9.17, 15) is 0 Å². The Labute approximate surface area is 117 Å². The van der Waals surface area contributed by atoms with Crippen molar-refractivity contribution < 1.29 is 4.52 Å². The fourth-order valence-corrected chi connectivity index (χ4v) is 3.47. The molecule has 1 unspecified atom stereocenters. The van der Waals surface area contributed by atoms with Gasteiger partial charge in [-0.2, -0.15) is 4.98 Å². The normalized spacial score (nSPS) is 18.3. The molecule has 1 N–H and O–H groups in total. The average molecular weight is 275 g/mol. The standard InChI is InChI=1S/C14H17N3OS/c1-10-16-14(18-17-10)6-8-15-12-7-9-19-13-5-3-2-4-11(12)13/h2-5,12,15H,6-9H2,1H3. The quantitative estimate of drug-likeness (QED) is 0.929. The first-order valence-corrected chi connectivity index (χ1v) is 7.56. The molecule has 3 rings (SSSR count). The highest BCUT2D eigenvalue weighted by molar-refractivity contribution is 7.99. The van der Waals surface area contributed by atoms with Crippen molar-refractivity contribution in [3.8, 4) is 0 Å². The van der Waals surface area contributed by atoms with Crippen LogP contribution in [0.4, 0.5) is 0 Å². The first kappa shape index (κ1) is 12.7. The molecule has 5 heteroatoms. The topological polar surface area (TPSA) is 51.0 Å². The lowest BCUT2D eigenvalue weighted by Crippen LogP contribution is -2.26. The summed E-state index contributed by atoms with van der Waals surface area (Å²) in [6.07, 6.45) is 1.96. The third-order valence-corrected chi connectivity index (χ3v) is 4.38. The van der Waals surface area contributed by atoms with Gasteiger partial charge in [-0.15, -0.1) is 11.8 Å². The number of hydrogen-bond donors (Lipinski definition) is 1. The molecule has 19 heavy (non-hydrogen) atoms. The Kier molecular flexibility index (Phi) is 3.84. The van der Waals surface area contributed by atoms with Crippen molar-refractivity contribution in [2.45, 2.75) is 30.7 Å². The molecular formula is C14H17N3OS. The zero-order valence-corrected chi connectivity index (χ0v) is 11.7. The van der Waals surface area contributed by atoms with Gasteiger partial charge in [-0.3, -0.25) is 0 Å². The third-order valence-electron chi connectivity index (χ3n) is 3.26. The van der Waals surface area contributed by atoms with Crippen molar-refractivity contribution >= 4 is 11.8 Å². The summed E-state index contributed by atoms with van der Waals surface area (Å²) in [6.45, 7) is 2.71. The molecule has 1 aliphatic heterocycles. The lowest BCUT2D eigenvalue weighted by atomic mass is 10.0. The van der Waals surface area contributed by atoms with Crippen molar-refractivity contribution in [1.82, 2.24) is 15.5 Å². The van der Waals surface area contributed by atoms with Crippen LogP contribution in [0, 0.1) is 6.92 Å². The summed E-state index contributed by atoms with van der Waals surface area (Å²) in [5, 5.41) is 7.40. The van der Waals surface area contributed by atoms with Crippen LogP contribution in [0.15, 0.2) is 33.7 Å². The van der Waals surface area contributed by atoms with Gasteiger partial charge in [-0.1, -0.05) is 23.4 Å². The number of nitrogens with zero attached hydrogens (tertiary/aromatic N) is 2. The van der Waals surface area contributed by atoms with Crippen LogP contribution in [0.25, 0.3) is 0 Å². The summed E-state index contributed by atoms with van der Waals surface area (Å²) >= 11 is 1.94. The van der Waals surface area contributed by atoms with E-state index in [1.807, 2.05) is 18.7 Å². The molecule has 0 amide bonds. The van der Waals surface area contributed by atoms with E-state index in [2.05, 4.69) is 39.7 Å². The lowest BCUT2D eigenvalue weighted by molar-refractivity contribution is 0.368. The number of fused-ring (bicyclic) bond motifs is 1. The maximum absolute atomic E-state index is 5.12. The highest BCUT2D eigenvalue weighted by Gasteiger charge is 2.19. The van der Waals surface area contributed by atoms with Crippen LogP contribution in [0.5, 0.6) is 0 Å². The van der Waals surface area contributed by atoms with E-state index in [1.165, 1.54) is 22.6 Å². The van der Waals surface area contributed by atoms with Crippen LogP contribution in [0.1, 0.15) is 29.7 Å². The lowest BCUT2D eigenvalue weighted by Gasteiger charge is -2.25. The summed E-state index contributed by atoms with van der Waals surface area (Å²) in [6, 6.07) is 9.09. The number of rotatable bonds is 4. The van der Waals surface area contributed by atoms with Crippen LogP contribution >= 0.6 is 11.8 Å². The van der Waals surface area contributed by atoms with Gasteiger partial charge in [0, 0.05) is 23.9 Å². The predicted octanol–water partition coefficient (Wildman–Crippen LogP) is 2.75. The number of aromatic nitrogens is 2. The molecule has 0 bridgehead atoms. The number of nitrogens with one attached hydrogen (secondary N) is 1. The van der Waals surface area contributed by atoms with Crippen molar-refractivity contribution in [3.05, 3.63) is 41.5 Å². The molecule has 0 saturated carbocycles. The molecule has 0 radical (unpaired) electrons. The fraction of sp³-hybridized carbons (Fsp3) is 0.429. The van der Waals surface area contributed by atoms with Gasteiger partial charge in [-0.05, 0) is 30.7 Å². The zero-order valence-electron chi connectivity index (χ0n) is 10.9. The Hall–Kier alpha value is -1.33. The largest absolute Gasteiger partial charge is 0.339 e. The Balaban J connectivity index is 1.59. The minimum atomic E-state index is 0.446. The molecule has 100 valence electrons. The molecule has 2 heterocycles. The van der Waals surface area contributed by atoms with Gasteiger partial charge >= 0.3 is 0 Å². The molecule has 4 nitrogen and oxygen atoms in total. The van der Waals surface area contributed by atoms with Crippen molar-refractivity contribution in [2.75, 3.05) is 12.3 Å². The van der Waals surface area contributed by atoms with Gasteiger partial charge in [0.1, 0.15) is 0 Å². The van der Waals surface area contributed by atoms with E-state index in [0.29, 0.717) is 17.8 Å². The van der Waals surface area contributed by atoms with E-state index in [0.717, 1.165) is 13.0 Å². The van der Waals surface area contributed by atoms with E-state index in [-0.39, 0.29) is 0 Å². The van der Waals surface area contributed by atoms with Crippen LogP contribution in [-0.2, 0) is 6.42 Å². The van der Waals surface area contributed by atoms with Crippen molar-refractivity contribution in [3.63, 3.8) is 0 Å². The minimum absolute atomic E-state index is 0.446. The molecule has 1 aliphatic rings. The van der Waals surface area contributed by atoms with Gasteiger partial charge in [-0.25, -0.2) is 0 Å². The van der Waals surface area contributed by atoms with E-state index in [4.69, 9.17) is 4.52 Å². The number of hydrogen-bond acceptors (Lipinski definition) is 5. The van der Waals surface area contributed by atoms with Gasteiger partial charge in [0.25, 0.3) is 0 Å². The summed E-state index contributed by atoms with van der Waals surface area (Å²) in [7, 11) is 0. The molecule has 2 aromatic rings. The first-order chi connectivity index (χ1) is 9.33. The highest BCUT2D eigenvalue weighted by atomic mass is 32.2. The van der Waals surface area contributed by atoms with Crippen LogP contribution < -0.4 is 5.32 Å². The molecule has 0 spiro atoms. The molecule has 1 aromatic heterocycles. The second kappa shape index (κ2) is 5.75. The Bertz CT molecular complexity index is 555. The Morgan fingerprint density at radius 3 is 3.16 bits per heavy atom. The molecule has 0 fully saturated rings. The van der Waals surface area contributed by atoms with Crippen LogP contribution in [-0.4, -0.2) is 22.4 Å². The van der Waals surface area contributed by atoms with Crippen molar-refractivity contribution in [1.29, 1.82) is 0 Å². The van der Waals surface area contributed by atoms with Crippen LogP contribution in [0.3, 0.4) is 0 Å². The van der Waals surface area contributed by atoms with Gasteiger partial charge in [0.15, 0.2) is 5.82 Å². The van der Waals surface area contributed by atoms with Gasteiger partial charge in [0.2, 0.25) is 5.89 Å². The number of benzene rings is 1. The van der Waals surface area contributed by atoms with E-state index >= 15 is 0 Å². The van der Waals surface area contributed by atoms with E-state index < -0.39 is 0 Å². The highest BCUT2D eigenvalue weighted by Crippen LogP contribution is 2.35. The molecule has 0 aliphatic carbocycles. The zero-order chi connectivity index (χ0) is 13.1. The molecule has 0 saturated heterocycles. The molecule has 1 atom stereocenters. The minimum Gasteiger partial charge on any atom is -0.339 e. The summed E-state index contributed by atoms with van der Waals surface area (Å²) in [4.78, 5) is 5.62. The Morgan fingerprint density at radius 2 is 2.32 bits per heavy atom. The fourth-order valence-electron chi connectivity index (χ4n) is 2.35. The van der Waals surface area contributed by atoms with Gasteiger partial charge in [0.05, 0.1) is 0 Å². The smallest absolute Gasteiger partial charge is 0.227 e. The number of aryl methyl sites for hydroxylation is 1. The molecular weight excluding hydrogens is 258 g/mol. The van der Waals surface area contributed by atoms with Gasteiger partial charge < -0.3 is 9.84 Å². The average Bonchev–Trinajstić information content (AvgIpc) is 2.85. The maximum Gasteiger partial charge on any atom is 0.227 e. The number of thioether (sulfide) groups is 1. The predicted molar refractivity (Wildman–Crippen MR) is 75.3 cm³/mol. The second-order valence-electron chi connectivity index (χ2n) is 4.67. The maximum atomic E-state index is 5.12. The monoisotopic (exact) mass is 275 g/mol. The summed E-state index contributed by atoms with van der Waals surface area (Å²) in [5.41, 5.74) is 1.42. The first-order valence-electron chi connectivity index (χ1n) is 6.57. The van der Waals surface area contributed by atoms with E-state index in [1.54, 1.807) is 0 Å². The Morgan fingerprint density at radius 1 is 1.42 bits per heavy atom.